The summed E-state index contributed by atoms with van der Waals surface area (Å²) in [5.41, 5.74) is 3.81. The topological polar surface area (TPSA) is 74.9 Å². The highest BCUT2D eigenvalue weighted by molar-refractivity contribution is 6.01. The van der Waals surface area contributed by atoms with E-state index in [9.17, 15) is 9.59 Å². The van der Waals surface area contributed by atoms with Gasteiger partial charge in [0.1, 0.15) is 0 Å². The highest BCUT2D eigenvalue weighted by Gasteiger charge is 2.56. The van der Waals surface area contributed by atoms with E-state index in [1.165, 1.54) is 5.56 Å². The molecule has 2 atom stereocenters. The molecule has 206 valence electrons. The number of benzene rings is 3. The number of piperazine rings is 1. The maximum atomic E-state index is 14.3. The minimum absolute atomic E-state index is 0.0397. The summed E-state index contributed by atoms with van der Waals surface area (Å²) in [5.74, 6) is 1.05. The Hall–Kier alpha value is -4.26. The summed E-state index contributed by atoms with van der Waals surface area (Å²) in [5, 5.41) is 1.05. The smallest absolute Gasteiger partial charge is 0.254 e. The van der Waals surface area contributed by atoms with Crippen LogP contribution in [-0.4, -0.2) is 59.9 Å². The number of aromatic nitrogens is 1. The van der Waals surface area contributed by atoms with Gasteiger partial charge in [0.25, 0.3) is 5.91 Å². The summed E-state index contributed by atoms with van der Waals surface area (Å²) in [4.78, 5) is 35.2. The molecule has 0 bridgehead atoms. The first-order valence-electron chi connectivity index (χ1n) is 14.0. The summed E-state index contributed by atoms with van der Waals surface area (Å²) in [6.07, 6.45) is 1.65. The van der Waals surface area contributed by atoms with E-state index in [4.69, 9.17) is 9.47 Å². The zero-order chi connectivity index (χ0) is 27.9. The maximum Gasteiger partial charge on any atom is 0.254 e. The van der Waals surface area contributed by atoms with Crippen molar-refractivity contribution in [1.82, 2.24) is 14.8 Å². The largest absolute Gasteiger partial charge is 0.493 e. The van der Waals surface area contributed by atoms with Crippen molar-refractivity contribution in [2.75, 3.05) is 33.4 Å². The molecule has 2 aliphatic heterocycles. The lowest BCUT2D eigenvalue weighted by Gasteiger charge is -2.51. The van der Waals surface area contributed by atoms with E-state index >= 15 is 0 Å². The van der Waals surface area contributed by atoms with Gasteiger partial charge in [-0.3, -0.25) is 9.59 Å². The quantitative estimate of drug-likeness (QED) is 0.334. The number of para-hydroxylation sites is 2. The third-order valence-electron chi connectivity index (χ3n) is 8.45. The number of methoxy groups -OCH3 is 1. The van der Waals surface area contributed by atoms with Gasteiger partial charge in [-0.1, -0.05) is 60.7 Å². The number of hydrogen-bond donors (Lipinski definition) is 1. The van der Waals surface area contributed by atoms with Crippen LogP contribution in [0.15, 0.2) is 72.8 Å². The number of nitrogens with one attached hydrogen (secondary N) is 1. The van der Waals surface area contributed by atoms with E-state index in [1.807, 2.05) is 68.4 Å². The predicted octanol–water partition coefficient (Wildman–Crippen LogP) is 5.24. The minimum atomic E-state index is -1.13. The molecule has 7 nitrogen and oxygen atoms in total. The molecule has 3 aromatic carbocycles. The number of aryl methyl sites for hydroxylation is 1. The van der Waals surface area contributed by atoms with Gasteiger partial charge < -0.3 is 24.3 Å². The normalized spacial score (nSPS) is 20.4. The first-order valence-corrected chi connectivity index (χ1v) is 14.0. The van der Waals surface area contributed by atoms with Gasteiger partial charge in [0.2, 0.25) is 5.91 Å². The zero-order valence-corrected chi connectivity index (χ0v) is 23.3. The predicted molar refractivity (Wildman–Crippen MR) is 155 cm³/mol. The lowest BCUT2D eigenvalue weighted by Crippen LogP contribution is -2.67. The van der Waals surface area contributed by atoms with Gasteiger partial charge in [0.15, 0.2) is 17.0 Å². The zero-order valence-electron chi connectivity index (χ0n) is 23.3. The Morgan fingerprint density at radius 1 is 1.00 bits per heavy atom. The van der Waals surface area contributed by atoms with Gasteiger partial charge in [0.05, 0.1) is 26.0 Å². The first-order chi connectivity index (χ1) is 19.5. The molecule has 3 heterocycles. The number of carbonyl (C=O) groups is 2. The molecule has 1 aromatic heterocycles. The second-order valence-electron chi connectivity index (χ2n) is 10.7. The van der Waals surface area contributed by atoms with Crippen LogP contribution in [0.25, 0.3) is 10.9 Å². The molecule has 0 aliphatic carbocycles. The average molecular weight is 538 g/mol. The van der Waals surface area contributed by atoms with Crippen LogP contribution in [0.3, 0.4) is 0 Å². The number of rotatable bonds is 8. The van der Waals surface area contributed by atoms with Crippen molar-refractivity contribution in [1.29, 1.82) is 0 Å². The van der Waals surface area contributed by atoms with Gasteiger partial charge in [0, 0.05) is 35.5 Å². The van der Waals surface area contributed by atoms with Gasteiger partial charge in [-0.25, -0.2) is 0 Å². The minimum Gasteiger partial charge on any atom is -0.493 e. The summed E-state index contributed by atoms with van der Waals surface area (Å²) in [7, 11) is 1.63. The molecule has 1 saturated heterocycles. The van der Waals surface area contributed by atoms with Crippen molar-refractivity contribution in [3.8, 4) is 11.5 Å². The van der Waals surface area contributed by atoms with Gasteiger partial charge >= 0.3 is 0 Å². The number of aromatic amines is 1. The number of carbonyl (C=O) groups excluding carboxylic acids is 2. The molecule has 2 aliphatic rings. The van der Waals surface area contributed by atoms with Crippen molar-refractivity contribution in [2.24, 2.45) is 0 Å². The fraction of sp³-hybridized carbons (Fsp3) is 0.333. The van der Waals surface area contributed by atoms with Crippen LogP contribution in [0.4, 0.5) is 0 Å². The SMILES string of the molecule is CCOc1c(OC)cccc1C1CN2C(=O)CN(CCCc3ccccc3)C(=O)C2(C)c2[nH]c3ccccc3c21. The number of ether oxygens (including phenoxy) is 2. The van der Waals surface area contributed by atoms with Crippen molar-refractivity contribution >= 4 is 22.7 Å². The summed E-state index contributed by atoms with van der Waals surface area (Å²) in [6.45, 7) is 5.33. The second-order valence-corrected chi connectivity index (χ2v) is 10.7. The fourth-order valence-corrected chi connectivity index (χ4v) is 6.52. The van der Waals surface area contributed by atoms with E-state index in [0.29, 0.717) is 31.2 Å². The van der Waals surface area contributed by atoms with Crippen LogP contribution in [0.2, 0.25) is 0 Å². The summed E-state index contributed by atoms with van der Waals surface area (Å²) < 4.78 is 11.8. The Labute approximate surface area is 234 Å². The molecule has 7 heteroatoms. The molecule has 40 heavy (non-hydrogen) atoms. The van der Waals surface area contributed by atoms with Crippen LogP contribution in [0.1, 0.15) is 48.6 Å². The Morgan fingerprint density at radius 2 is 1.77 bits per heavy atom. The number of amides is 2. The summed E-state index contributed by atoms with van der Waals surface area (Å²) in [6, 6.07) is 24.3. The standard InChI is InChI=1S/C33H35N3O4/c1-4-40-30-23(16-10-18-27(30)39-3)25-20-36-28(37)21-35(19-11-14-22-12-6-5-7-13-22)32(38)33(36,2)31-29(25)24-15-8-9-17-26(24)34-31/h5-10,12-13,15-18,25,34H,4,11,14,19-21H2,1-3H3. The van der Waals surface area contributed by atoms with Crippen LogP contribution in [0, 0.1) is 0 Å². The molecule has 0 radical (unpaired) electrons. The molecule has 0 spiro atoms. The molecule has 1 fully saturated rings. The van der Waals surface area contributed by atoms with Crippen LogP contribution in [-0.2, 0) is 21.5 Å². The molecular formula is C33H35N3O4. The van der Waals surface area contributed by atoms with E-state index in [1.54, 1.807) is 16.9 Å². The van der Waals surface area contributed by atoms with Crippen molar-refractivity contribution in [3.05, 3.63) is 95.2 Å². The summed E-state index contributed by atoms with van der Waals surface area (Å²) >= 11 is 0. The van der Waals surface area contributed by atoms with Gasteiger partial charge in [-0.2, -0.15) is 0 Å². The number of hydrogen-bond acceptors (Lipinski definition) is 4. The molecule has 1 N–H and O–H groups in total. The monoisotopic (exact) mass is 537 g/mol. The number of H-pyrrole nitrogens is 1. The van der Waals surface area contributed by atoms with Crippen LogP contribution < -0.4 is 9.47 Å². The Balaban J connectivity index is 1.43. The Kier molecular flexibility index (Phi) is 6.74. The fourth-order valence-electron chi connectivity index (χ4n) is 6.52. The van der Waals surface area contributed by atoms with Gasteiger partial charge in [-0.15, -0.1) is 0 Å². The van der Waals surface area contributed by atoms with Crippen molar-refractivity contribution < 1.29 is 19.1 Å². The highest BCUT2D eigenvalue weighted by atomic mass is 16.5. The third-order valence-corrected chi connectivity index (χ3v) is 8.45. The second kappa shape index (κ2) is 10.4. The molecule has 0 saturated carbocycles. The molecule has 2 unspecified atom stereocenters. The van der Waals surface area contributed by atoms with Crippen LogP contribution in [0.5, 0.6) is 11.5 Å². The van der Waals surface area contributed by atoms with E-state index < -0.39 is 5.54 Å². The maximum absolute atomic E-state index is 14.3. The van der Waals surface area contributed by atoms with Crippen molar-refractivity contribution in [3.63, 3.8) is 0 Å². The lowest BCUT2D eigenvalue weighted by molar-refractivity contribution is -0.166. The third kappa shape index (κ3) is 4.12. The van der Waals surface area contributed by atoms with E-state index in [2.05, 4.69) is 23.2 Å². The molecule has 6 rings (SSSR count). The van der Waals surface area contributed by atoms with Gasteiger partial charge in [-0.05, 0) is 49.9 Å². The first kappa shape index (κ1) is 26.0. The molecule has 2 amide bonds. The Bertz CT molecular complexity index is 1560. The average Bonchev–Trinajstić information content (AvgIpc) is 3.38. The number of fused-ring (bicyclic) bond motifs is 5. The van der Waals surface area contributed by atoms with Crippen LogP contribution >= 0.6 is 0 Å². The lowest BCUT2D eigenvalue weighted by atomic mass is 9.76. The van der Waals surface area contributed by atoms with E-state index in [-0.39, 0.29) is 24.3 Å². The molecule has 4 aromatic rings. The van der Waals surface area contributed by atoms with E-state index in [0.717, 1.165) is 40.6 Å². The van der Waals surface area contributed by atoms with Crippen molar-refractivity contribution in [2.45, 2.75) is 38.1 Å². The molecular weight excluding hydrogens is 502 g/mol. The Morgan fingerprint density at radius 3 is 2.55 bits per heavy atom. The number of nitrogens with zero attached hydrogens (tertiary/aromatic N) is 2. The highest BCUT2D eigenvalue weighted by Crippen LogP contribution is 2.50.